The van der Waals surface area contributed by atoms with Crippen molar-refractivity contribution in [3.05, 3.63) is 57.2 Å². The maximum absolute atomic E-state index is 11.6. The lowest BCUT2D eigenvalue weighted by molar-refractivity contribution is -0.143. The van der Waals surface area contributed by atoms with Crippen molar-refractivity contribution < 1.29 is 9.90 Å². The molecule has 0 bridgehead atoms. The van der Waals surface area contributed by atoms with Crippen molar-refractivity contribution in [2.75, 3.05) is 0 Å². The Bertz CT molecular complexity index is 551. The van der Waals surface area contributed by atoms with Gasteiger partial charge >= 0.3 is 5.97 Å². The molecule has 94 valence electrons. The molecule has 2 aromatic rings. The highest BCUT2D eigenvalue weighted by Crippen LogP contribution is 2.34. The second kappa shape index (κ2) is 5.12. The van der Waals surface area contributed by atoms with Gasteiger partial charge in [-0.3, -0.25) is 4.79 Å². The Balaban J connectivity index is 2.45. The summed E-state index contributed by atoms with van der Waals surface area (Å²) in [6.07, 6.45) is 0.448. The van der Waals surface area contributed by atoms with Crippen LogP contribution in [0.2, 0.25) is 5.02 Å². The lowest BCUT2D eigenvalue weighted by Gasteiger charge is -2.25. The van der Waals surface area contributed by atoms with Crippen LogP contribution in [0.15, 0.2) is 41.8 Å². The van der Waals surface area contributed by atoms with Crippen molar-refractivity contribution in [1.82, 2.24) is 0 Å². The van der Waals surface area contributed by atoms with Gasteiger partial charge in [0.1, 0.15) is 0 Å². The van der Waals surface area contributed by atoms with E-state index in [0.717, 1.165) is 4.88 Å². The van der Waals surface area contributed by atoms with Gasteiger partial charge in [0, 0.05) is 16.3 Å². The van der Waals surface area contributed by atoms with E-state index in [2.05, 4.69) is 0 Å². The molecule has 1 N–H and O–H groups in total. The third kappa shape index (κ3) is 2.42. The Labute approximate surface area is 115 Å². The Morgan fingerprint density at radius 3 is 2.61 bits per heavy atom. The molecule has 1 aromatic heterocycles. The molecule has 2 nitrogen and oxygen atoms in total. The summed E-state index contributed by atoms with van der Waals surface area (Å²) in [4.78, 5) is 12.7. The van der Waals surface area contributed by atoms with E-state index < -0.39 is 11.4 Å². The normalized spacial score (nSPS) is 14.1. The standard InChI is InChI=1S/C14H13ClO2S/c1-14(13(16)17,9-10-5-4-8-18-10)11-6-2-3-7-12(11)15/h2-8H,9H2,1H3,(H,16,17). The van der Waals surface area contributed by atoms with Crippen LogP contribution in [0.25, 0.3) is 0 Å². The molecule has 1 atom stereocenters. The minimum Gasteiger partial charge on any atom is -0.481 e. The van der Waals surface area contributed by atoms with Gasteiger partial charge in [-0.15, -0.1) is 11.3 Å². The van der Waals surface area contributed by atoms with E-state index in [4.69, 9.17) is 11.6 Å². The number of aliphatic carboxylic acids is 1. The highest BCUT2D eigenvalue weighted by Gasteiger charge is 2.37. The fraction of sp³-hybridized carbons (Fsp3) is 0.214. The Morgan fingerprint density at radius 1 is 1.33 bits per heavy atom. The number of halogens is 1. The first-order valence-corrected chi connectivity index (χ1v) is 6.80. The van der Waals surface area contributed by atoms with E-state index >= 15 is 0 Å². The first-order chi connectivity index (χ1) is 8.54. The van der Waals surface area contributed by atoms with Crippen LogP contribution in [0.5, 0.6) is 0 Å². The van der Waals surface area contributed by atoms with Crippen molar-refractivity contribution in [2.45, 2.75) is 18.8 Å². The number of hydrogen-bond donors (Lipinski definition) is 1. The second-order valence-corrected chi connectivity index (χ2v) is 5.81. The zero-order chi connectivity index (χ0) is 13.2. The largest absolute Gasteiger partial charge is 0.481 e. The van der Waals surface area contributed by atoms with Gasteiger partial charge in [0.05, 0.1) is 5.41 Å². The molecular formula is C14H13ClO2S. The van der Waals surface area contributed by atoms with Crippen molar-refractivity contribution >= 4 is 28.9 Å². The number of carbonyl (C=O) groups is 1. The average Bonchev–Trinajstić information content (AvgIpc) is 2.81. The molecule has 0 aliphatic rings. The quantitative estimate of drug-likeness (QED) is 0.919. The Hall–Kier alpha value is -1.32. The maximum Gasteiger partial charge on any atom is 0.314 e. The first kappa shape index (κ1) is 13.1. The minimum atomic E-state index is -0.997. The van der Waals surface area contributed by atoms with Crippen LogP contribution in [0, 0.1) is 0 Å². The third-order valence-electron chi connectivity index (χ3n) is 3.05. The molecule has 1 unspecified atom stereocenters. The van der Waals surface area contributed by atoms with Crippen molar-refractivity contribution in [3.8, 4) is 0 Å². The molecule has 0 radical (unpaired) electrons. The smallest absolute Gasteiger partial charge is 0.314 e. The molecule has 1 aromatic carbocycles. The topological polar surface area (TPSA) is 37.3 Å². The molecule has 2 rings (SSSR count). The predicted molar refractivity (Wildman–Crippen MR) is 74.5 cm³/mol. The second-order valence-electron chi connectivity index (χ2n) is 4.37. The third-order valence-corrected chi connectivity index (χ3v) is 4.25. The maximum atomic E-state index is 11.6. The van der Waals surface area contributed by atoms with E-state index in [1.807, 2.05) is 23.6 Å². The van der Waals surface area contributed by atoms with Crippen LogP contribution in [-0.4, -0.2) is 11.1 Å². The summed E-state index contributed by atoms with van der Waals surface area (Å²) in [6, 6.07) is 11.0. The molecule has 0 fully saturated rings. The molecule has 0 aliphatic carbocycles. The highest BCUT2D eigenvalue weighted by molar-refractivity contribution is 7.09. The van der Waals surface area contributed by atoms with Crippen molar-refractivity contribution in [2.24, 2.45) is 0 Å². The summed E-state index contributed by atoms with van der Waals surface area (Å²) >= 11 is 7.69. The number of carboxylic acids is 1. The van der Waals surface area contributed by atoms with Crippen LogP contribution in [0.3, 0.4) is 0 Å². The predicted octanol–water partition coefficient (Wildman–Crippen LogP) is 3.99. The molecule has 0 amide bonds. The van der Waals surface area contributed by atoms with E-state index in [-0.39, 0.29) is 0 Å². The Kier molecular flexibility index (Phi) is 3.73. The van der Waals surface area contributed by atoms with Gasteiger partial charge in [0.2, 0.25) is 0 Å². The van der Waals surface area contributed by atoms with Gasteiger partial charge in [-0.25, -0.2) is 0 Å². The number of hydrogen-bond acceptors (Lipinski definition) is 2. The zero-order valence-electron chi connectivity index (χ0n) is 9.89. The highest BCUT2D eigenvalue weighted by atomic mass is 35.5. The van der Waals surface area contributed by atoms with E-state index in [0.29, 0.717) is 17.0 Å². The van der Waals surface area contributed by atoms with Gasteiger partial charge in [-0.2, -0.15) is 0 Å². The summed E-state index contributed by atoms with van der Waals surface area (Å²) in [5.74, 6) is -0.857. The summed E-state index contributed by atoms with van der Waals surface area (Å²) < 4.78 is 0. The summed E-state index contributed by atoms with van der Waals surface area (Å²) in [5.41, 5.74) is -0.337. The van der Waals surface area contributed by atoms with Crippen LogP contribution >= 0.6 is 22.9 Å². The average molecular weight is 281 g/mol. The summed E-state index contributed by atoms with van der Waals surface area (Å²) in [6.45, 7) is 1.72. The monoisotopic (exact) mass is 280 g/mol. The van der Waals surface area contributed by atoms with Crippen molar-refractivity contribution in [3.63, 3.8) is 0 Å². The van der Waals surface area contributed by atoms with E-state index in [1.54, 1.807) is 36.5 Å². The van der Waals surface area contributed by atoms with Gasteiger partial charge in [0.25, 0.3) is 0 Å². The molecule has 0 aliphatic heterocycles. The van der Waals surface area contributed by atoms with Crippen LogP contribution in [0.4, 0.5) is 0 Å². The molecule has 0 saturated carbocycles. The molecule has 4 heteroatoms. The fourth-order valence-corrected chi connectivity index (χ4v) is 3.16. The zero-order valence-corrected chi connectivity index (χ0v) is 11.5. The van der Waals surface area contributed by atoms with Crippen molar-refractivity contribution in [1.29, 1.82) is 0 Å². The van der Waals surface area contributed by atoms with E-state index in [1.165, 1.54) is 0 Å². The van der Waals surface area contributed by atoms with Gasteiger partial charge in [-0.05, 0) is 30.0 Å². The summed E-state index contributed by atoms with van der Waals surface area (Å²) in [7, 11) is 0. The van der Waals surface area contributed by atoms with Gasteiger partial charge in [0.15, 0.2) is 0 Å². The van der Waals surface area contributed by atoms with Gasteiger partial charge < -0.3 is 5.11 Å². The number of rotatable bonds is 4. The summed E-state index contributed by atoms with van der Waals surface area (Å²) in [5, 5.41) is 12.0. The molecular weight excluding hydrogens is 268 g/mol. The molecule has 0 saturated heterocycles. The SMILES string of the molecule is CC(Cc1cccs1)(C(=O)O)c1ccccc1Cl. The van der Waals surface area contributed by atoms with E-state index in [9.17, 15) is 9.90 Å². The molecule has 1 heterocycles. The first-order valence-electron chi connectivity index (χ1n) is 5.55. The number of benzene rings is 1. The number of thiophene rings is 1. The lowest BCUT2D eigenvalue weighted by atomic mass is 9.79. The lowest BCUT2D eigenvalue weighted by Crippen LogP contribution is -2.34. The number of carboxylic acid groups (broad SMARTS) is 1. The molecule has 18 heavy (non-hydrogen) atoms. The molecule has 0 spiro atoms. The Morgan fingerprint density at radius 2 is 2.06 bits per heavy atom. The van der Waals surface area contributed by atoms with Crippen LogP contribution in [-0.2, 0) is 16.6 Å². The van der Waals surface area contributed by atoms with Crippen LogP contribution in [0.1, 0.15) is 17.4 Å². The van der Waals surface area contributed by atoms with Crippen LogP contribution < -0.4 is 0 Å². The fourth-order valence-electron chi connectivity index (χ4n) is 1.96. The van der Waals surface area contributed by atoms with Gasteiger partial charge in [-0.1, -0.05) is 35.9 Å². The minimum absolute atomic E-state index is 0.448.